The summed E-state index contributed by atoms with van der Waals surface area (Å²) in [5.74, 6) is -1.11. The highest BCUT2D eigenvalue weighted by molar-refractivity contribution is 7.17. The highest BCUT2D eigenvalue weighted by atomic mass is 35.5. The van der Waals surface area contributed by atoms with Gasteiger partial charge in [-0.3, -0.25) is 4.79 Å². The Hall–Kier alpha value is -2.73. The average Bonchev–Trinajstić information content (AvgIpc) is 3.37. The van der Waals surface area contributed by atoms with Gasteiger partial charge in [0.1, 0.15) is 0 Å². The molecule has 144 valence electrons. The average molecular weight is 439 g/mol. The van der Waals surface area contributed by atoms with Crippen LogP contribution in [-0.2, 0) is 6.42 Å². The number of carboxylic acid groups (broad SMARTS) is 1. The fourth-order valence-electron chi connectivity index (χ4n) is 3.08. The largest absolute Gasteiger partial charge is 0.478 e. The monoisotopic (exact) mass is 438 g/mol. The van der Waals surface area contributed by atoms with E-state index in [1.54, 1.807) is 29.6 Å². The Morgan fingerprint density at radius 2 is 1.62 bits per heavy atom. The van der Waals surface area contributed by atoms with Gasteiger partial charge in [0.2, 0.25) is 0 Å². The van der Waals surface area contributed by atoms with Crippen LogP contribution < -0.4 is 0 Å². The van der Waals surface area contributed by atoms with Gasteiger partial charge in [-0.05, 0) is 40.8 Å². The number of ketones is 1. The van der Waals surface area contributed by atoms with Gasteiger partial charge in [-0.2, -0.15) is 0 Å². The lowest BCUT2D eigenvalue weighted by Crippen LogP contribution is -2.06. The maximum absolute atomic E-state index is 12.8. The van der Waals surface area contributed by atoms with E-state index >= 15 is 0 Å². The Balaban J connectivity index is 1.61. The molecule has 0 radical (unpaired) electrons. The molecule has 0 aliphatic carbocycles. The van der Waals surface area contributed by atoms with Crippen LogP contribution in [0.4, 0.5) is 0 Å². The summed E-state index contributed by atoms with van der Waals surface area (Å²) in [6, 6.07) is 20.6. The number of Topliss-reactive ketones (excluding diaryl/α,β-unsaturated/α-hetero) is 1. The molecule has 2 aromatic heterocycles. The first-order valence-corrected chi connectivity index (χ1v) is 10.9. The number of hydrogen-bond acceptors (Lipinski definition) is 4. The minimum atomic E-state index is -1.03. The molecule has 2 aromatic carbocycles. The summed E-state index contributed by atoms with van der Waals surface area (Å²) in [6.07, 6.45) is 0.0641. The first-order valence-electron chi connectivity index (χ1n) is 8.81. The molecule has 0 atom stereocenters. The molecule has 0 saturated carbocycles. The minimum Gasteiger partial charge on any atom is -0.478 e. The molecule has 0 aliphatic rings. The van der Waals surface area contributed by atoms with Gasteiger partial charge >= 0.3 is 5.97 Å². The third-order valence-corrected chi connectivity index (χ3v) is 6.91. The second kappa shape index (κ2) is 8.33. The lowest BCUT2D eigenvalue weighted by Gasteiger charge is -2.04. The van der Waals surface area contributed by atoms with Gasteiger partial charge in [-0.1, -0.05) is 54.1 Å². The Kier molecular flexibility index (Phi) is 5.62. The summed E-state index contributed by atoms with van der Waals surface area (Å²) >= 11 is 8.66. The van der Waals surface area contributed by atoms with E-state index < -0.39 is 5.97 Å². The van der Waals surface area contributed by atoms with Crippen LogP contribution in [0.1, 0.15) is 24.9 Å². The SMILES string of the molecule is O=C(Cc1scc(-c2ccc(Cl)cc2)c1C(=O)O)c1ccc(-c2ccccc2)s1. The molecular weight excluding hydrogens is 424 g/mol. The number of thiophene rings is 2. The Morgan fingerprint density at radius 3 is 2.31 bits per heavy atom. The van der Waals surface area contributed by atoms with Crippen molar-refractivity contribution >= 4 is 46.0 Å². The number of halogens is 1. The van der Waals surface area contributed by atoms with Crippen molar-refractivity contribution in [1.82, 2.24) is 0 Å². The van der Waals surface area contributed by atoms with E-state index in [1.807, 2.05) is 42.5 Å². The van der Waals surface area contributed by atoms with Crippen molar-refractivity contribution in [2.24, 2.45) is 0 Å². The quantitative estimate of drug-likeness (QED) is 0.332. The zero-order valence-corrected chi connectivity index (χ0v) is 17.5. The van der Waals surface area contributed by atoms with E-state index in [4.69, 9.17) is 11.6 Å². The van der Waals surface area contributed by atoms with Gasteiger partial charge < -0.3 is 5.11 Å². The van der Waals surface area contributed by atoms with Crippen molar-refractivity contribution < 1.29 is 14.7 Å². The van der Waals surface area contributed by atoms with Gasteiger partial charge in [-0.15, -0.1) is 22.7 Å². The smallest absolute Gasteiger partial charge is 0.337 e. The molecule has 0 amide bonds. The fourth-order valence-corrected chi connectivity index (χ4v) is 5.20. The first kappa shape index (κ1) is 19.6. The molecule has 29 heavy (non-hydrogen) atoms. The summed E-state index contributed by atoms with van der Waals surface area (Å²) in [5, 5.41) is 12.1. The second-order valence-corrected chi connectivity index (χ2v) is 8.87. The molecule has 4 rings (SSSR count). The number of aromatic carboxylic acids is 1. The standard InChI is InChI=1S/C23H15ClO3S2/c24-16-8-6-14(7-9-16)17-13-28-21(22(17)23(26)27)12-18(25)20-11-10-19(29-20)15-4-2-1-3-5-15/h1-11,13H,12H2,(H,26,27). The normalized spacial score (nSPS) is 10.8. The molecular formula is C23H15ClO3S2. The van der Waals surface area contributed by atoms with Crippen LogP contribution in [0.3, 0.4) is 0 Å². The lowest BCUT2D eigenvalue weighted by molar-refractivity contribution is 0.0697. The molecule has 0 fully saturated rings. The molecule has 0 spiro atoms. The van der Waals surface area contributed by atoms with Crippen LogP contribution in [0.15, 0.2) is 72.1 Å². The van der Waals surface area contributed by atoms with Gasteiger partial charge in [0, 0.05) is 26.8 Å². The summed E-state index contributed by atoms with van der Waals surface area (Å²) in [7, 11) is 0. The van der Waals surface area contributed by atoms with Gasteiger partial charge in [0.15, 0.2) is 5.78 Å². The molecule has 6 heteroatoms. The van der Waals surface area contributed by atoms with Crippen LogP contribution in [0.25, 0.3) is 21.6 Å². The van der Waals surface area contributed by atoms with Crippen LogP contribution in [0, 0.1) is 0 Å². The lowest BCUT2D eigenvalue weighted by atomic mass is 10.0. The van der Waals surface area contributed by atoms with Crippen molar-refractivity contribution in [2.75, 3.05) is 0 Å². The predicted molar refractivity (Wildman–Crippen MR) is 120 cm³/mol. The van der Waals surface area contributed by atoms with E-state index in [0.29, 0.717) is 20.3 Å². The maximum atomic E-state index is 12.8. The minimum absolute atomic E-state index is 0.0641. The Labute approximate surface area is 180 Å². The number of carbonyl (C=O) groups excluding carboxylic acids is 1. The number of carboxylic acids is 1. The number of hydrogen-bond donors (Lipinski definition) is 1. The molecule has 0 saturated heterocycles. The molecule has 0 unspecified atom stereocenters. The van der Waals surface area contributed by atoms with Gasteiger partial charge in [-0.25, -0.2) is 4.79 Å². The Bertz CT molecular complexity index is 1170. The van der Waals surface area contributed by atoms with Crippen molar-refractivity contribution in [3.63, 3.8) is 0 Å². The van der Waals surface area contributed by atoms with Crippen LogP contribution in [0.5, 0.6) is 0 Å². The van der Waals surface area contributed by atoms with Crippen molar-refractivity contribution in [1.29, 1.82) is 0 Å². The zero-order chi connectivity index (χ0) is 20.4. The molecule has 1 N–H and O–H groups in total. The fraction of sp³-hybridized carbons (Fsp3) is 0.0435. The summed E-state index contributed by atoms with van der Waals surface area (Å²) < 4.78 is 0. The van der Waals surface area contributed by atoms with Crippen LogP contribution >= 0.6 is 34.3 Å². The molecule has 4 aromatic rings. The summed E-state index contributed by atoms with van der Waals surface area (Å²) in [5.41, 5.74) is 2.62. The van der Waals surface area contributed by atoms with E-state index in [2.05, 4.69) is 0 Å². The molecule has 0 aliphatic heterocycles. The summed E-state index contributed by atoms with van der Waals surface area (Å²) in [6.45, 7) is 0. The maximum Gasteiger partial charge on any atom is 0.337 e. The third kappa shape index (κ3) is 4.17. The van der Waals surface area contributed by atoms with Gasteiger partial charge in [0.25, 0.3) is 0 Å². The van der Waals surface area contributed by atoms with Crippen molar-refractivity contribution in [3.05, 3.63) is 92.5 Å². The Morgan fingerprint density at radius 1 is 0.897 bits per heavy atom. The third-order valence-electron chi connectivity index (χ3n) is 4.50. The summed E-state index contributed by atoms with van der Waals surface area (Å²) in [4.78, 5) is 27.0. The zero-order valence-electron chi connectivity index (χ0n) is 15.1. The number of carbonyl (C=O) groups is 2. The first-order chi connectivity index (χ1) is 14.0. The van der Waals surface area contributed by atoms with Crippen LogP contribution in [0.2, 0.25) is 5.02 Å². The number of rotatable bonds is 6. The van der Waals surface area contributed by atoms with E-state index in [1.165, 1.54) is 22.7 Å². The molecule has 3 nitrogen and oxygen atoms in total. The highest BCUT2D eigenvalue weighted by Crippen LogP contribution is 2.34. The predicted octanol–water partition coefficient (Wildman–Crippen LogP) is 6.92. The van der Waals surface area contributed by atoms with Crippen molar-refractivity contribution in [2.45, 2.75) is 6.42 Å². The van der Waals surface area contributed by atoms with Crippen LogP contribution in [-0.4, -0.2) is 16.9 Å². The highest BCUT2D eigenvalue weighted by Gasteiger charge is 2.22. The van der Waals surface area contributed by atoms with Gasteiger partial charge in [0.05, 0.1) is 10.4 Å². The van der Waals surface area contributed by atoms with E-state index in [0.717, 1.165) is 16.0 Å². The molecule has 2 heterocycles. The molecule has 0 bridgehead atoms. The second-order valence-electron chi connectivity index (χ2n) is 6.39. The van der Waals surface area contributed by atoms with E-state index in [9.17, 15) is 14.7 Å². The number of benzene rings is 2. The topological polar surface area (TPSA) is 54.4 Å². The van der Waals surface area contributed by atoms with E-state index in [-0.39, 0.29) is 17.8 Å². The van der Waals surface area contributed by atoms with Crippen molar-refractivity contribution in [3.8, 4) is 21.6 Å².